The number of phenols is 1. The Morgan fingerprint density at radius 3 is 2.43 bits per heavy atom. The molecule has 35 heavy (non-hydrogen) atoms. The number of amides is 1. The molecule has 1 unspecified atom stereocenters. The van der Waals surface area contributed by atoms with Gasteiger partial charge >= 0.3 is 0 Å². The van der Waals surface area contributed by atoms with Crippen molar-refractivity contribution in [3.63, 3.8) is 0 Å². The van der Waals surface area contributed by atoms with Crippen LogP contribution < -0.4 is 25.4 Å². The first-order chi connectivity index (χ1) is 17.0. The van der Waals surface area contributed by atoms with Gasteiger partial charge in [-0.15, -0.1) is 5.10 Å². The molecule has 0 aliphatic carbocycles. The number of fused-ring (bicyclic) bond motifs is 2. The molecule has 2 heterocycles. The maximum Gasteiger partial charge on any atom is 0.276 e. The van der Waals surface area contributed by atoms with E-state index in [1.165, 1.54) is 31.5 Å². The van der Waals surface area contributed by atoms with Gasteiger partial charge in [-0.1, -0.05) is 59.8 Å². The van der Waals surface area contributed by atoms with Crippen LogP contribution in [0, 0.1) is 6.92 Å². The Morgan fingerprint density at radius 1 is 1.06 bits per heavy atom. The van der Waals surface area contributed by atoms with Crippen molar-refractivity contribution >= 4 is 28.5 Å². The molecule has 3 aromatic carbocycles. The van der Waals surface area contributed by atoms with Crippen molar-refractivity contribution in [1.82, 2.24) is 10.3 Å². The second-order valence-electron chi connectivity index (χ2n) is 8.12. The molecule has 0 bridgehead atoms. The highest BCUT2D eigenvalue weighted by Crippen LogP contribution is 2.41. The number of thioether (sulfide) groups is 1. The zero-order valence-corrected chi connectivity index (χ0v) is 20.3. The first-order valence-electron chi connectivity index (χ1n) is 11.0. The van der Waals surface area contributed by atoms with Crippen molar-refractivity contribution in [2.24, 2.45) is 10.1 Å². The van der Waals surface area contributed by atoms with Crippen molar-refractivity contribution in [3.8, 4) is 17.2 Å². The number of ether oxygens (including phenoxy) is 2. The number of aryl methyl sites for hydroxylation is 1. The van der Waals surface area contributed by atoms with Crippen molar-refractivity contribution < 1.29 is 19.4 Å². The van der Waals surface area contributed by atoms with Crippen LogP contribution >= 0.6 is 11.8 Å². The number of rotatable bonds is 5. The molecular weight excluding hydrogens is 464 g/mol. The minimum atomic E-state index is -0.663. The van der Waals surface area contributed by atoms with Gasteiger partial charge in [-0.2, -0.15) is 0 Å². The zero-order chi connectivity index (χ0) is 24.5. The summed E-state index contributed by atoms with van der Waals surface area (Å²) in [4.78, 5) is 18.2. The van der Waals surface area contributed by atoms with Crippen molar-refractivity contribution in [2.75, 3.05) is 14.2 Å². The Kier molecular flexibility index (Phi) is 6.08. The number of phenolic OH excluding ortho intramolecular Hbond substituents is 1. The van der Waals surface area contributed by atoms with Gasteiger partial charge in [-0.05, 0) is 30.7 Å². The summed E-state index contributed by atoms with van der Waals surface area (Å²) in [6.45, 7) is 2.05. The molecule has 1 atom stereocenters. The van der Waals surface area contributed by atoms with E-state index in [2.05, 4.69) is 29.6 Å². The van der Waals surface area contributed by atoms with E-state index in [9.17, 15) is 9.90 Å². The molecule has 5 rings (SSSR count). The number of hydrogen-bond acceptors (Lipinski definition) is 8. The van der Waals surface area contributed by atoms with E-state index in [1.807, 2.05) is 31.2 Å². The minimum absolute atomic E-state index is 0.103. The van der Waals surface area contributed by atoms with Crippen molar-refractivity contribution in [2.45, 2.75) is 18.8 Å². The molecule has 3 aromatic rings. The van der Waals surface area contributed by atoms with E-state index in [1.54, 1.807) is 17.1 Å². The average Bonchev–Trinajstić information content (AvgIpc) is 2.88. The first kappa shape index (κ1) is 22.8. The Balaban J connectivity index is 1.59. The zero-order valence-electron chi connectivity index (χ0n) is 19.5. The SMILES string of the molecule is COc1cc(C2N=c3ccccc3=C3C(=O)NC(SCc4ccc(C)cc4)=NN32)cc(OC)c1O. The van der Waals surface area contributed by atoms with Gasteiger partial charge in [-0.3, -0.25) is 15.1 Å². The number of aromatic hydroxyl groups is 1. The largest absolute Gasteiger partial charge is 0.502 e. The lowest BCUT2D eigenvalue weighted by atomic mass is 10.1. The van der Waals surface area contributed by atoms with Gasteiger partial charge in [-0.25, -0.2) is 5.01 Å². The van der Waals surface area contributed by atoms with Gasteiger partial charge in [0.15, 0.2) is 22.8 Å². The van der Waals surface area contributed by atoms with Crippen LogP contribution in [-0.2, 0) is 10.5 Å². The highest BCUT2D eigenvalue weighted by molar-refractivity contribution is 8.13. The number of benzene rings is 3. The van der Waals surface area contributed by atoms with Crippen LogP contribution in [0.3, 0.4) is 0 Å². The number of nitrogens with one attached hydrogen (secondary N) is 1. The Labute approximate surface area is 206 Å². The molecule has 9 heteroatoms. The van der Waals surface area contributed by atoms with Gasteiger partial charge in [0.2, 0.25) is 5.75 Å². The number of hydrogen-bond donors (Lipinski definition) is 2. The van der Waals surface area contributed by atoms with E-state index in [0.717, 1.165) is 5.56 Å². The number of carbonyl (C=O) groups is 1. The monoisotopic (exact) mass is 488 g/mol. The topological polar surface area (TPSA) is 95.8 Å². The molecule has 8 nitrogen and oxygen atoms in total. The molecule has 178 valence electrons. The van der Waals surface area contributed by atoms with Crippen LogP contribution in [0.4, 0.5) is 0 Å². The van der Waals surface area contributed by atoms with Crippen LogP contribution in [0.15, 0.2) is 70.8 Å². The third-order valence-corrected chi connectivity index (χ3v) is 6.75. The van der Waals surface area contributed by atoms with E-state index in [0.29, 0.717) is 32.8 Å². The Bertz CT molecular complexity index is 1430. The van der Waals surface area contributed by atoms with Crippen molar-refractivity contribution in [1.29, 1.82) is 0 Å². The standard InChI is InChI=1S/C26H24N4O4S/c1-15-8-10-16(11-9-15)14-35-26-28-25(32)22-18-6-4-5-7-19(18)27-24(30(22)29-26)17-12-20(33-2)23(31)21(13-17)34-3/h4-13,24,31H,14H2,1-3H3,(H,28,29,32). The Hall–Kier alpha value is -3.98. The van der Waals surface area contributed by atoms with Gasteiger partial charge in [0.1, 0.15) is 5.70 Å². The highest BCUT2D eigenvalue weighted by Gasteiger charge is 2.35. The van der Waals surface area contributed by atoms with E-state index in [-0.39, 0.29) is 23.2 Å². The fraction of sp³-hybridized carbons (Fsp3) is 0.192. The molecule has 2 aliphatic heterocycles. The molecule has 2 aliphatic rings. The molecule has 0 aromatic heterocycles. The lowest BCUT2D eigenvalue weighted by Crippen LogP contribution is -2.50. The van der Waals surface area contributed by atoms with Gasteiger partial charge in [0, 0.05) is 16.5 Å². The molecule has 0 saturated heterocycles. The number of nitrogens with zero attached hydrogens (tertiary/aromatic N) is 3. The number of hydrazone groups is 1. The van der Waals surface area contributed by atoms with E-state index < -0.39 is 6.17 Å². The summed E-state index contributed by atoms with van der Waals surface area (Å²) < 4.78 is 10.7. The summed E-state index contributed by atoms with van der Waals surface area (Å²) in [5.74, 6) is 0.788. The summed E-state index contributed by atoms with van der Waals surface area (Å²) in [5.41, 5.74) is 3.39. The smallest absolute Gasteiger partial charge is 0.276 e. The number of amidine groups is 1. The minimum Gasteiger partial charge on any atom is -0.502 e. The quantitative estimate of drug-likeness (QED) is 0.574. The highest BCUT2D eigenvalue weighted by atomic mass is 32.2. The fourth-order valence-corrected chi connectivity index (χ4v) is 4.81. The van der Waals surface area contributed by atoms with Crippen LogP contribution in [-0.4, -0.2) is 35.4 Å². The van der Waals surface area contributed by atoms with E-state index >= 15 is 0 Å². The van der Waals surface area contributed by atoms with Crippen LogP contribution in [0.2, 0.25) is 0 Å². The summed E-state index contributed by atoms with van der Waals surface area (Å²) in [6, 6.07) is 19.1. The first-order valence-corrected chi connectivity index (χ1v) is 12.0. The average molecular weight is 489 g/mol. The predicted molar refractivity (Wildman–Crippen MR) is 134 cm³/mol. The Morgan fingerprint density at radius 2 is 1.74 bits per heavy atom. The van der Waals surface area contributed by atoms with Gasteiger partial charge in [0.25, 0.3) is 5.91 Å². The summed E-state index contributed by atoms with van der Waals surface area (Å²) in [7, 11) is 2.94. The molecule has 0 saturated carbocycles. The third-order valence-electron chi connectivity index (χ3n) is 5.81. The molecule has 2 N–H and O–H groups in total. The maximum absolute atomic E-state index is 13.3. The number of para-hydroxylation sites is 1. The van der Waals surface area contributed by atoms with Crippen LogP contribution in [0.25, 0.3) is 5.70 Å². The third kappa shape index (κ3) is 4.30. The molecule has 0 fully saturated rings. The van der Waals surface area contributed by atoms with Crippen molar-refractivity contribution in [3.05, 3.63) is 87.9 Å². The van der Waals surface area contributed by atoms with Crippen LogP contribution in [0.5, 0.6) is 17.2 Å². The normalized spacial score (nSPS) is 16.5. The lowest BCUT2D eigenvalue weighted by molar-refractivity contribution is -0.116. The second-order valence-corrected chi connectivity index (χ2v) is 9.08. The summed E-state index contributed by atoms with van der Waals surface area (Å²) in [6.07, 6.45) is -0.663. The summed E-state index contributed by atoms with van der Waals surface area (Å²) in [5, 5.41) is 21.6. The lowest BCUT2D eigenvalue weighted by Gasteiger charge is -2.34. The molecule has 0 radical (unpaired) electrons. The molecule has 0 spiro atoms. The van der Waals surface area contributed by atoms with Gasteiger partial charge in [0.05, 0.1) is 19.6 Å². The number of methoxy groups -OCH3 is 2. The molecule has 1 amide bonds. The fourth-order valence-electron chi connectivity index (χ4n) is 4.01. The second kappa shape index (κ2) is 9.34. The van der Waals surface area contributed by atoms with Crippen LogP contribution in [0.1, 0.15) is 22.9 Å². The van der Waals surface area contributed by atoms with Gasteiger partial charge < -0.3 is 14.6 Å². The molecular formula is C26H24N4O4S. The summed E-state index contributed by atoms with van der Waals surface area (Å²) >= 11 is 1.44. The predicted octanol–water partition coefficient (Wildman–Crippen LogP) is 2.79. The van der Waals surface area contributed by atoms with E-state index in [4.69, 9.17) is 19.6 Å². The maximum atomic E-state index is 13.3. The number of carbonyl (C=O) groups excluding carboxylic acids is 1.